The van der Waals surface area contributed by atoms with E-state index in [9.17, 15) is 19.2 Å². The van der Waals surface area contributed by atoms with Crippen molar-refractivity contribution in [3.8, 4) is 32.4 Å². The number of methoxy groups -OCH3 is 2. The summed E-state index contributed by atoms with van der Waals surface area (Å²) in [6, 6.07) is 3.21. The second-order valence-corrected chi connectivity index (χ2v) is 5.38. The molecule has 1 heterocycles. The van der Waals surface area contributed by atoms with Gasteiger partial charge in [0.15, 0.2) is 11.5 Å². The number of hydrogen-bond donors (Lipinski definition) is 0. The van der Waals surface area contributed by atoms with E-state index in [0.29, 0.717) is 9.75 Å². The summed E-state index contributed by atoms with van der Waals surface area (Å²) in [5, 5.41) is 0. The van der Waals surface area contributed by atoms with Crippen LogP contribution in [0.15, 0.2) is 31.3 Å². The normalized spacial score (nSPS) is 11.1. The lowest BCUT2D eigenvalue weighted by atomic mass is 10.1. The molecular weight excluding hydrogens is 296 g/mol. The third-order valence-corrected chi connectivity index (χ3v) is 4.36. The van der Waals surface area contributed by atoms with E-state index in [1.165, 1.54) is 14.2 Å². The van der Waals surface area contributed by atoms with Crippen LogP contribution in [0.4, 0.5) is 0 Å². The highest BCUT2D eigenvalue weighted by Gasteiger charge is 2.28. The van der Waals surface area contributed by atoms with Crippen molar-refractivity contribution < 1.29 is 9.47 Å². The highest BCUT2D eigenvalue weighted by Crippen LogP contribution is 2.38. The molecule has 3 aromatic rings. The van der Waals surface area contributed by atoms with Crippen molar-refractivity contribution in [2.75, 3.05) is 14.2 Å². The van der Waals surface area contributed by atoms with Gasteiger partial charge in [-0.1, -0.05) is 0 Å². The lowest BCUT2D eigenvalue weighted by Crippen LogP contribution is -2.34. The Hall–Kier alpha value is -2.54. The highest BCUT2D eigenvalue weighted by atomic mass is 32.1. The SMILES string of the molecule is COc1c(-c2ccc(-c3c(OC)c(=O)c3=O)s2)c(=O)c1=O. The standard InChI is InChI=1S/C14H8O6S/c1-19-13-7(9(15)11(13)17)5-3-4-6(21-5)8-10(16)12(18)14(8)20-2/h3-4H,1-2H3. The Morgan fingerprint density at radius 3 is 1.43 bits per heavy atom. The van der Waals surface area contributed by atoms with Gasteiger partial charge >= 0.3 is 0 Å². The molecule has 0 aliphatic rings. The summed E-state index contributed by atoms with van der Waals surface area (Å²) in [7, 11) is 2.63. The zero-order valence-electron chi connectivity index (χ0n) is 11.0. The van der Waals surface area contributed by atoms with Crippen LogP contribution < -0.4 is 31.2 Å². The fourth-order valence-electron chi connectivity index (χ4n) is 2.19. The predicted octanol–water partition coefficient (Wildman–Crippen LogP) is 0.291. The first kappa shape index (κ1) is 13.4. The second-order valence-electron chi connectivity index (χ2n) is 4.30. The van der Waals surface area contributed by atoms with Crippen molar-refractivity contribution in [3.63, 3.8) is 0 Å². The van der Waals surface area contributed by atoms with Crippen molar-refractivity contribution in [1.29, 1.82) is 0 Å². The van der Waals surface area contributed by atoms with Gasteiger partial charge in [0.2, 0.25) is 10.9 Å². The van der Waals surface area contributed by atoms with Crippen LogP contribution in [0.1, 0.15) is 0 Å². The van der Waals surface area contributed by atoms with Crippen LogP contribution in [0.2, 0.25) is 0 Å². The molecule has 0 unspecified atom stereocenters. The van der Waals surface area contributed by atoms with E-state index in [1.807, 2.05) is 0 Å². The molecule has 0 bridgehead atoms. The lowest BCUT2D eigenvalue weighted by molar-refractivity contribution is 0.407. The molecule has 0 saturated carbocycles. The number of ether oxygens (including phenoxy) is 2. The molecule has 0 saturated heterocycles. The Kier molecular flexibility index (Phi) is 2.87. The highest BCUT2D eigenvalue weighted by molar-refractivity contribution is 7.18. The second kappa shape index (κ2) is 4.49. The molecule has 0 aliphatic heterocycles. The van der Waals surface area contributed by atoms with E-state index in [4.69, 9.17) is 9.47 Å². The van der Waals surface area contributed by atoms with E-state index in [0.717, 1.165) is 11.3 Å². The van der Waals surface area contributed by atoms with Gasteiger partial charge in [0, 0.05) is 9.75 Å². The van der Waals surface area contributed by atoms with Gasteiger partial charge < -0.3 is 9.47 Å². The van der Waals surface area contributed by atoms with Gasteiger partial charge in [-0.05, 0) is 12.1 Å². The van der Waals surface area contributed by atoms with Crippen LogP contribution in [0.25, 0.3) is 20.9 Å². The molecule has 106 valence electrons. The van der Waals surface area contributed by atoms with Gasteiger partial charge in [0.25, 0.3) is 10.9 Å². The van der Waals surface area contributed by atoms with Crippen molar-refractivity contribution in [1.82, 2.24) is 0 Å². The Labute approximate surface area is 121 Å². The summed E-state index contributed by atoms with van der Waals surface area (Å²) in [5.74, 6) is 0.0377. The van der Waals surface area contributed by atoms with E-state index in [1.54, 1.807) is 12.1 Å². The van der Waals surface area contributed by atoms with Crippen LogP contribution in [-0.4, -0.2) is 14.2 Å². The molecule has 7 heteroatoms. The van der Waals surface area contributed by atoms with Gasteiger partial charge in [0.1, 0.15) is 0 Å². The molecule has 0 spiro atoms. The topological polar surface area (TPSA) is 86.7 Å². The van der Waals surface area contributed by atoms with Crippen LogP contribution in [0.5, 0.6) is 11.5 Å². The zero-order chi connectivity index (χ0) is 15.3. The minimum Gasteiger partial charge on any atom is -0.492 e. The summed E-state index contributed by atoms with van der Waals surface area (Å²) in [5.41, 5.74) is -2.13. The van der Waals surface area contributed by atoms with E-state index < -0.39 is 21.7 Å². The molecule has 21 heavy (non-hydrogen) atoms. The minimum atomic E-state index is -0.658. The van der Waals surface area contributed by atoms with Crippen LogP contribution in [-0.2, 0) is 0 Å². The number of rotatable bonds is 4. The number of hydrogen-bond acceptors (Lipinski definition) is 7. The largest absolute Gasteiger partial charge is 0.492 e. The van der Waals surface area contributed by atoms with Gasteiger partial charge in [-0.3, -0.25) is 19.2 Å². The first-order valence-electron chi connectivity index (χ1n) is 5.86. The quantitative estimate of drug-likeness (QED) is 0.644. The Morgan fingerprint density at radius 2 is 1.10 bits per heavy atom. The first-order chi connectivity index (χ1) is 10.0. The molecule has 1 aromatic heterocycles. The smallest absolute Gasteiger partial charge is 0.268 e. The predicted molar refractivity (Wildman–Crippen MR) is 78.1 cm³/mol. The van der Waals surface area contributed by atoms with Crippen LogP contribution in [0.3, 0.4) is 0 Å². The monoisotopic (exact) mass is 304 g/mol. The van der Waals surface area contributed by atoms with E-state index in [-0.39, 0.29) is 22.6 Å². The average Bonchev–Trinajstić information content (AvgIpc) is 2.95. The molecule has 0 amide bonds. The van der Waals surface area contributed by atoms with Crippen molar-refractivity contribution in [2.45, 2.75) is 0 Å². The molecule has 2 aromatic carbocycles. The fourth-order valence-corrected chi connectivity index (χ4v) is 3.27. The molecule has 0 atom stereocenters. The minimum absolute atomic E-state index is 0.0188. The van der Waals surface area contributed by atoms with Gasteiger partial charge in [-0.2, -0.15) is 0 Å². The van der Waals surface area contributed by atoms with Gasteiger partial charge in [0.05, 0.1) is 25.3 Å². The lowest BCUT2D eigenvalue weighted by Gasteiger charge is -2.08. The van der Waals surface area contributed by atoms with E-state index >= 15 is 0 Å². The van der Waals surface area contributed by atoms with E-state index in [2.05, 4.69) is 0 Å². The Morgan fingerprint density at radius 1 is 0.714 bits per heavy atom. The number of thiophene rings is 1. The van der Waals surface area contributed by atoms with Crippen LogP contribution in [0, 0.1) is 0 Å². The summed E-state index contributed by atoms with van der Waals surface area (Å²) in [6.07, 6.45) is 0. The van der Waals surface area contributed by atoms with Crippen molar-refractivity contribution >= 4 is 11.3 Å². The molecule has 6 nitrogen and oxygen atoms in total. The first-order valence-corrected chi connectivity index (χ1v) is 6.68. The van der Waals surface area contributed by atoms with Gasteiger partial charge in [-0.25, -0.2) is 0 Å². The van der Waals surface area contributed by atoms with Crippen molar-refractivity contribution in [2.24, 2.45) is 0 Å². The summed E-state index contributed by atoms with van der Waals surface area (Å²) < 4.78 is 9.77. The average molecular weight is 304 g/mol. The Bertz CT molecular complexity index is 913. The molecule has 3 rings (SSSR count). The van der Waals surface area contributed by atoms with Gasteiger partial charge in [-0.15, -0.1) is 11.3 Å². The molecule has 0 N–H and O–H groups in total. The fraction of sp³-hybridized carbons (Fsp3) is 0.143. The summed E-state index contributed by atoms with van der Waals surface area (Å²) in [4.78, 5) is 46.9. The molecule has 0 aliphatic carbocycles. The third-order valence-electron chi connectivity index (χ3n) is 3.24. The molecule has 0 radical (unpaired) electrons. The maximum Gasteiger partial charge on any atom is 0.268 e. The molecule has 0 fully saturated rings. The summed E-state index contributed by atoms with van der Waals surface area (Å²) >= 11 is 1.13. The maximum absolute atomic E-state index is 11.6. The molecular formula is C14H8O6S. The van der Waals surface area contributed by atoms with Crippen LogP contribution >= 0.6 is 11.3 Å². The Balaban J connectivity index is 2.10. The summed E-state index contributed by atoms with van der Waals surface area (Å²) in [6.45, 7) is 0. The van der Waals surface area contributed by atoms with Crippen molar-refractivity contribution in [3.05, 3.63) is 53.0 Å². The maximum atomic E-state index is 11.6. The zero-order valence-corrected chi connectivity index (χ0v) is 11.8. The third kappa shape index (κ3) is 1.64.